The van der Waals surface area contributed by atoms with Crippen molar-refractivity contribution in [1.29, 1.82) is 0 Å². The number of carboxylic acids is 1. The van der Waals surface area contributed by atoms with Gasteiger partial charge in [0.25, 0.3) is 5.91 Å². The van der Waals surface area contributed by atoms with E-state index in [0.717, 1.165) is 34.1 Å². The minimum absolute atomic E-state index is 0.0247. The van der Waals surface area contributed by atoms with Gasteiger partial charge in [-0.2, -0.15) is 0 Å². The summed E-state index contributed by atoms with van der Waals surface area (Å²) in [7, 11) is 0. The Balaban J connectivity index is 1.43. The highest BCUT2D eigenvalue weighted by Crippen LogP contribution is 2.33. The fraction of sp³-hybridized carbons (Fsp3) is 0.241. The maximum absolute atomic E-state index is 13.3. The molecule has 8 nitrogen and oxygen atoms in total. The lowest BCUT2D eigenvalue weighted by Crippen LogP contribution is -2.36. The average Bonchev–Trinajstić information content (AvgIpc) is 3.32. The fourth-order valence-electron chi connectivity index (χ4n) is 5.17. The number of rotatable bonds is 2. The molecule has 9 rings (SSSR count). The summed E-state index contributed by atoms with van der Waals surface area (Å²) < 4.78 is 7.60. The number of aliphatic carboxylic acids is 1. The highest BCUT2D eigenvalue weighted by molar-refractivity contribution is 5.94. The van der Waals surface area contributed by atoms with Gasteiger partial charge in [-0.3, -0.25) is 9.59 Å². The van der Waals surface area contributed by atoms with Crippen LogP contribution in [-0.2, 0) is 24.3 Å². The number of aromatic nitrogens is 3. The van der Waals surface area contributed by atoms with Crippen LogP contribution in [0.5, 0.6) is 5.75 Å². The van der Waals surface area contributed by atoms with Crippen molar-refractivity contribution in [2.24, 2.45) is 0 Å². The van der Waals surface area contributed by atoms with Crippen LogP contribution in [0.2, 0.25) is 0 Å². The highest BCUT2D eigenvalue weighted by Gasteiger charge is 2.25. The number of amides is 1. The first-order chi connectivity index (χ1) is 18.0. The van der Waals surface area contributed by atoms with Crippen molar-refractivity contribution in [2.45, 2.75) is 31.8 Å². The lowest BCUT2D eigenvalue weighted by molar-refractivity contribution is -0.137. The van der Waals surface area contributed by atoms with E-state index < -0.39 is 5.97 Å². The van der Waals surface area contributed by atoms with Gasteiger partial charge in [-0.25, -0.2) is 4.68 Å². The summed E-state index contributed by atoms with van der Waals surface area (Å²) in [6.45, 7) is 2.05. The first-order valence-electron chi connectivity index (χ1n) is 12.4. The van der Waals surface area contributed by atoms with Crippen molar-refractivity contribution in [1.82, 2.24) is 19.9 Å². The number of carbonyl (C=O) groups excluding carboxylic acids is 1. The Morgan fingerprint density at radius 1 is 1.00 bits per heavy atom. The summed E-state index contributed by atoms with van der Waals surface area (Å²) in [6.07, 6.45) is 4.60. The monoisotopic (exact) mass is 494 g/mol. The molecule has 1 aromatic heterocycles. The van der Waals surface area contributed by atoms with Gasteiger partial charge < -0.3 is 14.7 Å². The van der Waals surface area contributed by atoms with Crippen LogP contribution in [0.4, 0.5) is 0 Å². The van der Waals surface area contributed by atoms with Gasteiger partial charge >= 0.3 is 5.97 Å². The van der Waals surface area contributed by atoms with Crippen molar-refractivity contribution in [3.8, 4) is 5.75 Å². The van der Waals surface area contributed by atoms with E-state index in [1.807, 2.05) is 53.5 Å². The second kappa shape index (κ2) is 9.54. The molecule has 6 heterocycles. The quantitative estimate of drug-likeness (QED) is 0.420. The highest BCUT2D eigenvalue weighted by atomic mass is 16.5. The first kappa shape index (κ1) is 23.0. The fourth-order valence-corrected chi connectivity index (χ4v) is 5.17. The summed E-state index contributed by atoms with van der Waals surface area (Å²) >= 11 is 0. The van der Waals surface area contributed by atoms with E-state index in [-0.39, 0.29) is 18.2 Å². The van der Waals surface area contributed by atoms with Crippen molar-refractivity contribution in [3.63, 3.8) is 0 Å². The van der Waals surface area contributed by atoms with Crippen LogP contribution >= 0.6 is 0 Å². The van der Waals surface area contributed by atoms with Gasteiger partial charge in [-0.05, 0) is 71.1 Å². The van der Waals surface area contributed by atoms with Crippen LogP contribution in [-0.4, -0.2) is 50.0 Å². The zero-order chi connectivity index (χ0) is 25.4. The number of carbonyl (C=O) groups is 2. The summed E-state index contributed by atoms with van der Waals surface area (Å²) in [6, 6.07) is 19.2. The number of benzene rings is 3. The maximum Gasteiger partial charge on any atom is 0.304 e. The third-order valence-corrected chi connectivity index (χ3v) is 7.14. The maximum atomic E-state index is 13.3. The molecular formula is C29H26N4O4. The Morgan fingerprint density at radius 2 is 1.81 bits per heavy atom. The van der Waals surface area contributed by atoms with Gasteiger partial charge in [-0.15, -0.1) is 5.10 Å². The lowest BCUT2D eigenvalue weighted by atomic mass is 9.85. The molecule has 8 heteroatoms. The Kier molecular flexibility index (Phi) is 5.92. The smallest absolute Gasteiger partial charge is 0.304 e. The van der Waals surface area contributed by atoms with E-state index in [1.165, 1.54) is 5.56 Å². The van der Waals surface area contributed by atoms with Crippen LogP contribution < -0.4 is 4.74 Å². The van der Waals surface area contributed by atoms with Crippen LogP contribution in [0.3, 0.4) is 0 Å². The first-order valence-corrected chi connectivity index (χ1v) is 12.4. The summed E-state index contributed by atoms with van der Waals surface area (Å²) in [5.74, 6) is -0.543. The molecule has 186 valence electrons. The number of carboxylic acid groups (broad SMARTS) is 1. The molecule has 0 radical (unpaired) electrons. The van der Waals surface area contributed by atoms with Crippen molar-refractivity contribution in [3.05, 3.63) is 101 Å². The molecule has 1 atom stereocenters. The Morgan fingerprint density at radius 3 is 2.65 bits per heavy atom. The average molecular weight is 495 g/mol. The summed E-state index contributed by atoms with van der Waals surface area (Å²) in [4.78, 5) is 27.0. The molecule has 1 N–H and O–H groups in total. The molecule has 0 spiro atoms. The Bertz CT molecular complexity index is 1520. The molecule has 1 unspecified atom stereocenters. The molecule has 37 heavy (non-hydrogen) atoms. The standard InChI is InChI=1S/C29H26N4O4/c34-28(35)17-25-21-4-3-19-11-13-32(18-23(19)15-21)29(36)20-5-8-24(9-6-20)37-14-2-1-12-33-27-10-7-22(25)16-26(27)30-31-33/h1-10,15-16,25H,11-14,17-18H2,(H,34,35)/b2-1+. The van der Waals surface area contributed by atoms with E-state index in [2.05, 4.69) is 22.4 Å². The molecule has 0 saturated carbocycles. The number of nitrogens with zero attached hydrogens (tertiary/aromatic N) is 4. The van der Waals surface area contributed by atoms with Crippen molar-refractivity contribution in [2.75, 3.05) is 13.2 Å². The van der Waals surface area contributed by atoms with Gasteiger partial charge in [0.15, 0.2) is 0 Å². The number of hydrogen-bond acceptors (Lipinski definition) is 5. The van der Waals surface area contributed by atoms with Gasteiger partial charge in [0.05, 0.1) is 18.5 Å². The van der Waals surface area contributed by atoms with Gasteiger partial charge in [0, 0.05) is 24.6 Å². The molecule has 0 aliphatic carbocycles. The number of ether oxygens (including phenoxy) is 1. The normalized spacial score (nSPS) is 18.2. The predicted octanol–water partition coefficient (Wildman–Crippen LogP) is 4.19. The molecule has 4 aromatic rings. The van der Waals surface area contributed by atoms with Crippen LogP contribution in [0.1, 0.15) is 45.0 Å². The third-order valence-electron chi connectivity index (χ3n) is 7.14. The largest absolute Gasteiger partial charge is 0.490 e. The number of allylic oxidation sites excluding steroid dienone is 1. The number of hydrogen-bond donors (Lipinski definition) is 1. The third kappa shape index (κ3) is 4.58. The zero-order valence-electron chi connectivity index (χ0n) is 20.2. The SMILES string of the molecule is O=C(O)CC1c2ccc3c(c2)CN(CC3)C(=O)c2ccc(cc2)OC/C=C/Cn2nnc3cc1ccc32. The molecule has 3 aromatic carbocycles. The van der Waals surface area contributed by atoms with Crippen LogP contribution in [0.15, 0.2) is 72.8 Å². The van der Waals surface area contributed by atoms with Crippen molar-refractivity contribution >= 4 is 22.9 Å². The molecule has 5 aliphatic rings. The van der Waals surface area contributed by atoms with E-state index in [0.29, 0.717) is 37.6 Å². The van der Waals surface area contributed by atoms with E-state index >= 15 is 0 Å². The minimum atomic E-state index is -0.871. The van der Waals surface area contributed by atoms with Gasteiger partial charge in [-0.1, -0.05) is 35.6 Å². The van der Waals surface area contributed by atoms with Crippen LogP contribution in [0, 0.1) is 0 Å². The molecule has 0 saturated heterocycles. The predicted molar refractivity (Wildman–Crippen MR) is 138 cm³/mol. The summed E-state index contributed by atoms with van der Waals surface area (Å²) in [5, 5.41) is 18.3. The molecule has 9 bridgehead atoms. The Hall–Kier alpha value is -4.46. The Labute approximate surface area is 213 Å². The zero-order valence-corrected chi connectivity index (χ0v) is 20.2. The van der Waals surface area contributed by atoms with Gasteiger partial charge in [0.1, 0.15) is 17.9 Å². The molecule has 0 fully saturated rings. The van der Waals surface area contributed by atoms with Crippen molar-refractivity contribution < 1.29 is 19.4 Å². The second-order valence-corrected chi connectivity index (χ2v) is 9.48. The lowest BCUT2D eigenvalue weighted by Gasteiger charge is -2.30. The van der Waals surface area contributed by atoms with Gasteiger partial charge in [0.2, 0.25) is 0 Å². The van der Waals surface area contributed by atoms with E-state index in [1.54, 1.807) is 16.8 Å². The van der Waals surface area contributed by atoms with E-state index in [9.17, 15) is 14.7 Å². The topological polar surface area (TPSA) is 97.6 Å². The molecule has 1 amide bonds. The molecular weight excluding hydrogens is 468 g/mol. The second-order valence-electron chi connectivity index (χ2n) is 9.48. The minimum Gasteiger partial charge on any atom is -0.490 e. The van der Waals surface area contributed by atoms with E-state index in [4.69, 9.17) is 4.74 Å². The summed E-state index contributed by atoms with van der Waals surface area (Å²) in [5.41, 5.74) is 6.25. The van der Waals surface area contributed by atoms with Crippen LogP contribution in [0.25, 0.3) is 11.0 Å². The molecule has 5 aliphatic heterocycles.